The van der Waals surface area contributed by atoms with E-state index in [0.717, 1.165) is 19.4 Å². The largest absolute Gasteiger partial charge is 0.489 e. The van der Waals surface area contributed by atoms with Crippen molar-refractivity contribution in [3.63, 3.8) is 0 Å². The first-order valence-electron chi connectivity index (χ1n) is 7.71. The van der Waals surface area contributed by atoms with Gasteiger partial charge < -0.3 is 19.9 Å². The number of anilines is 1. The summed E-state index contributed by atoms with van der Waals surface area (Å²) < 4.78 is 10.6. The predicted molar refractivity (Wildman–Crippen MR) is 93.6 cm³/mol. The van der Waals surface area contributed by atoms with E-state index in [1.165, 1.54) is 0 Å². The molecule has 0 aliphatic carbocycles. The fourth-order valence-electron chi connectivity index (χ4n) is 1.71. The fraction of sp³-hybridized carbons (Fsp3) is 0.562. The van der Waals surface area contributed by atoms with E-state index in [1.807, 2.05) is 13.8 Å². The van der Waals surface area contributed by atoms with Gasteiger partial charge in [-0.05, 0) is 25.1 Å². The third-order valence-corrected chi connectivity index (χ3v) is 2.92. The summed E-state index contributed by atoms with van der Waals surface area (Å²) in [5.74, 6) is 0.505. The molecule has 0 saturated carbocycles. The monoisotopic (exact) mass is 346 g/mol. The molecule has 1 amide bonds. The van der Waals surface area contributed by atoms with Crippen LogP contribution >= 0.6 is 12.4 Å². The van der Waals surface area contributed by atoms with Gasteiger partial charge in [0, 0.05) is 6.54 Å². The van der Waals surface area contributed by atoms with Crippen LogP contribution in [0.4, 0.5) is 10.5 Å². The minimum absolute atomic E-state index is 0. The number of hydrogen-bond donors (Lipinski definition) is 3. The van der Waals surface area contributed by atoms with Crippen molar-refractivity contribution in [3.8, 4) is 5.75 Å². The highest BCUT2D eigenvalue weighted by Gasteiger charge is 2.10. The van der Waals surface area contributed by atoms with Gasteiger partial charge in [-0.3, -0.25) is 5.32 Å². The molecule has 23 heavy (non-hydrogen) atoms. The minimum Gasteiger partial charge on any atom is -0.489 e. The lowest BCUT2D eigenvalue weighted by atomic mass is 10.3. The number of para-hydroxylation sites is 2. The van der Waals surface area contributed by atoms with E-state index in [0.29, 0.717) is 24.6 Å². The number of aliphatic hydroxyl groups is 1. The van der Waals surface area contributed by atoms with Crippen molar-refractivity contribution in [1.29, 1.82) is 0 Å². The predicted octanol–water partition coefficient (Wildman–Crippen LogP) is 2.81. The fourth-order valence-corrected chi connectivity index (χ4v) is 1.71. The van der Waals surface area contributed by atoms with Crippen LogP contribution in [0.15, 0.2) is 24.3 Å². The maximum Gasteiger partial charge on any atom is 0.411 e. The topological polar surface area (TPSA) is 79.8 Å². The molecule has 0 bridgehead atoms. The quantitative estimate of drug-likeness (QED) is 0.568. The average molecular weight is 347 g/mol. The second-order valence-corrected chi connectivity index (χ2v) is 4.88. The Morgan fingerprint density at radius 1 is 1.30 bits per heavy atom. The van der Waals surface area contributed by atoms with Crippen LogP contribution in [0.25, 0.3) is 0 Å². The van der Waals surface area contributed by atoms with Gasteiger partial charge in [0.25, 0.3) is 0 Å². The van der Waals surface area contributed by atoms with Crippen molar-refractivity contribution in [2.24, 2.45) is 0 Å². The van der Waals surface area contributed by atoms with Crippen LogP contribution in [0.1, 0.15) is 26.7 Å². The summed E-state index contributed by atoms with van der Waals surface area (Å²) in [6.07, 6.45) is 0.695. The SMILES string of the molecule is CCCCOC(=O)Nc1ccccc1OCC(O)CNCC.Cl. The molecule has 0 saturated heterocycles. The lowest BCUT2D eigenvalue weighted by Gasteiger charge is -2.15. The number of aliphatic hydroxyl groups excluding tert-OH is 1. The van der Waals surface area contributed by atoms with Crippen LogP contribution in [-0.4, -0.2) is 43.6 Å². The Hall–Kier alpha value is -1.50. The standard InChI is InChI=1S/C16H26N2O4.ClH/c1-3-5-10-21-16(20)18-14-8-6-7-9-15(14)22-12-13(19)11-17-4-2;/h6-9,13,17,19H,3-5,10-12H2,1-2H3,(H,18,20);1H. The van der Waals surface area contributed by atoms with Gasteiger partial charge in [-0.25, -0.2) is 4.79 Å². The van der Waals surface area contributed by atoms with E-state index in [4.69, 9.17) is 9.47 Å². The summed E-state index contributed by atoms with van der Waals surface area (Å²) in [5, 5.41) is 15.5. The number of ether oxygens (including phenoxy) is 2. The Kier molecular flexibility index (Phi) is 12.1. The number of amides is 1. The Morgan fingerprint density at radius 2 is 2.04 bits per heavy atom. The summed E-state index contributed by atoms with van der Waals surface area (Å²) >= 11 is 0. The summed E-state index contributed by atoms with van der Waals surface area (Å²) in [5.41, 5.74) is 0.527. The van der Waals surface area contributed by atoms with Crippen LogP contribution in [-0.2, 0) is 4.74 Å². The lowest BCUT2D eigenvalue weighted by molar-refractivity contribution is 0.107. The molecule has 0 aliphatic heterocycles. The van der Waals surface area contributed by atoms with Crippen LogP contribution < -0.4 is 15.4 Å². The van der Waals surface area contributed by atoms with Gasteiger partial charge in [-0.15, -0.1) is 12.4 Å². The van der Waals surface area contributed by atoms with Crippen molar-refractivity contribution < 1.29 is 19.4 Å². The molecule has 6 nitrogen and oxygen atoms in total. The third kappa shape index (κ3) is 9.28. The van der Waals surface area contributed by atoms with Gasteiger partial charge in [0.2, 0.25) is 0 Å². The first kappa shape index (κ1) is 21.5. The number of carbonyl (C=O) groups excluding carboxylic acids is 1. The summed E-state index contributed by atoms with van der Waals surface area (Å²) in [4.78, 5) is 11.7. The Balaban J connectivity index is 0.00000484. The van der Waals surface area contributed by atoms with Crippen molar-refractivity contribution in [3.05, 3.63) is 24.3 Å². The van der Waals surface area contributed by atoms with E-state index >= 15 is 0 Å². The highest BCUT2D eigenvalue weighted by Crippen LogP contribution is 2.24. The molecule has 132 valence electrons. The number of unbranched alkanes of at least 4 members (excludes halogenated alkanes) is 1. The van der Waals surface area contributed by atoms with Crippen LogP contribution in [0, 0.1) is 0 Å². The Bertz CT molecular complexity index is 446. The molecule has 1 atom stereocenters. The molecule has 0 heterocycles. The van der Waals surface area contributed by atoms with E-state index in [-0.39, 0.29) is 19.0 Å². The highest BCUT2D eigenvalue weighted by molar-refractivity contribution is 5.86. The van der Waals surface area contributed by atoms with Gasteiger partial charge in [0.15, 0.2) is 0 Å². The van der Waals surface area contributed by atoms with Gasteiger partial charge in [0.1, 0.15) is 18.5 Å². The molecule has 1 aromatic rings. The summed E-state index contributed by atoms with van der Waals surface area (Å²) in [7, 11) is 0. The zero-order valence-electron chi connectivity index (χ0n) is 13.7. The zero-order chi connectivity index (χ0) is 16.2. The number of likely N-dealkylation sites (N-methyl/N-ethyl adjacent to an activating group) is 1. The molecular formula is C16H27ClN2O4. The van der Waals surface area contributed by atoms with Crippen LogP contribution in [0.3, 0.4) is 0 Å². The summed E-state index contributed by atoms with van der Waals surface area (Å²) in [6, 6.07) is 7.07. The van der Waals surface area contributed by atoms with Crippen LogP contribution in [0.5, 0.6) is 5.75 Å². The van der Waals surface area contributed by atoms with E-state index in [9.17, 15) is 9.90 Å². The number of carbonyl (C=O) groups is 1. The molecule has 3 N–H and O–H groups in total. The highest BCUT2D eigenvalue weighted by atomic mass is 35.5. The van der Waals surface area contributed by atoms with Crippen molar-refractivity contribution in [2.45, 2.75) is 32.8 Å². The Labute approximate surface area is 144 Å². The first-order valence-corrected chi connectivity index (χ1v) is 7.71. The lowest BCUT2D eigenvalue weighted by Crippen LogP contribution is -2.31. The van der Waals surface area contributed by atoms with Gasteiger partial charge >= 0.3 is 6.09 Å². The smallest absolute Gasteiger partial charge is 0.411 e. The van der Waals surface area contributed by atoms with Crippen molar-refractivity contribution in [1.82, 2.24) is 5.32 Å². The summed E-state index contributed by atoms with van der Waals surface area (Å²) in [6.45, 7) is 5.80. The van der Waals surface area contributed by atoms with Gasteiger partial charge in [0.05, 0.1) is 12.3 Å². The van der Waals surface area contributed by atoms with E-state index < -0.39 is 12.2 Å². The molecule has 0 aromatic heterocycles. The second kappa shape index (κ2) is 13.0. The molecule has 0 spiro atoms. The van der Waals surface area contributed by atoms with Gasteiger partial charge in [-0.2, -0.15) is 0 Å². The molecule has 1 rings (SSSR count). The minimum atomic E-state index is -0.607. The molecule has 0 aliphatic rings. The average Bonchev–Trinajstić information content (AvgIpc) is 2.52. The zero-order valence-corrected chi connectivity index (χ0v) is 14.5. The molecule has 1 aromatic carbocycles. The number of benzene rings is 1. The molecule has 1 unspecified atom stereocenters. The van der Waals surface area contributed by atoms with E-state index in [2.05, 4.69) is 10.6 Å². The number of nitrogens with one attached hydrogen (secondary N) is 2. The molecule has 0 fully saturated rings. The third-order valence-electron chi connectivity index (χ3n) is 2.92. The maximum absolute atomic E-state index is 11.7. The molecule has 0 radical (unpaired) electrons. The Morgan fingerprint density at radius 3 is 2.74 bits per heavy atom. The molecular weight excluding hydrogens is 320 g/mol. The van der Waals surface area contributed by atoms with Crippen LogP contribution in [0.2, 0.25) is 0 Å². The second-order valence-electron chi connectivity index (χ2n) is 4.88. The number of rotatable bonds is 10. The maximum atomic E-state index is 11.7. The van der Waals surface area contributed by atoms with Crippen molar-refractivity contribution in [2.75, 3.05) is 31.6 Å². The normalized spacial score (nSPS) is 11.3. The molecule has 7 heteroatoms. The number of hydrogen-bond acceptors (Lipinski definition) is 5. The van der Waals surface area contributed by atoms with Crippen molar-refractivity contribution >= 4 is 24.2 Å². The van der Waals surface area contributed by atoms with Gasteiger partial charge in [-0.1, -0.05) is 32.4 Å². The first-order chi connectivity index (χ1) is 10.7. The number of halogens is 1. The van der Waals surface area contributed by atoms with E-state index in [1.54, 1.807) is 24.3 Å².